The number of nitrogens with zero attached hydrogens (tertiary/aromatic N) is 2. The Balaban J connectivity index is 1.95. The zero-order valence-electron chi connectivity index (χ0n) is 11.4. The third-order valence-electron chi connectivity index (χ3n) is 3.33. The Kier molecular flexibility index (Phi) is 3.62. The van der Waals surface area contributed by atoms with Crippen molar-refractivity contribution in [2.45, 2.75) is 23.0 Å². The molecule has 0 saturated carbocycles. The Hall–Kier alpha value is -1.60. The molecule has 1 aliphatic heterocycles. The van der Waals surface area contributed by atoms with E-state index in [-0.39, 0.29) is 22.2 Å². The van der Waals surface area contributed by atoms with E-state index in [1.807, 2.05) is 0 Å². The molecule has 0 bridgehead atoms. The second kappa shape index (κ2) is 5.31. The van der Waals surface area contributed by atoms with Crippen molar-refractivity contribution in [2.75, 3.05) is 11.5 Å². The van der Waals surface area contributed by atoms with E-state index in [1.54, 1.807) is 37.3 Å². The van der Waals surface area contributed by atoms with Gasteiger partial charge in [0.05, 0.1) is 16.7 Å². The topological polar surface area (TPSA) is 69.0 Å². The van der Waals surface area contributed by atoms with Gasteiger partial charge in [0.15, 0.2) is 15.0 Å². The van der Waals surface area contributed by atoms with Gasteiger partial charge in [0.2, 0.25) is 0 Å². The summed E-state index contributed by atoms with van der Waals surface area (Å²) in [6, 6.07) is 9.40. The fourth-order valence-corrected chi connectivity index (χ4v) is 5.24. The van der Waals surface area contributed by atoms with Crippen LogP contribution in [-0.2, 0) is 9.84 Å². The highest BCUT2D eigenvalue weighted by molar-refractivity contribution is 7.99. The molecule has 3 rings (SSSR count). The summed E-state index contributed by atoms with van der Waals surface area (Å²) in [4.78, 5) is 16.7. The van der Waals surface area contributed by atoms with Gasteiger partial charge in [-0.3, -0.25) is 9.36 Å². The molecule has 1 aromatic carbocycles. The molecule has 0 N–H and O–H groups in total. The molecule has 1 aromatic heterocycles. The molecule has 110 valence electrons. The number of hydrogen-bond donors (Lipinski definition) is 0. The van der Waals surface area contributed by atoms with Crippen molar-refractivity contribution in [3.8, 4) is 0 Å². The monoisotopic (exact) mass is 322 g/mol. The average Bonchev–Trinajstić information content (AvgIpc) is 2.82. The van der Waals surface area contributed by atoms with E-state index in [4.69, 9.17) is 0 Å². The summed E-state index contributed by atoms with van der Waals surface area (Å²) in [5.41, 5.74) is 0.473. The normalized spacial score (nSPS) is 17.7. The Morgan fingerprint density at radius 3 is 2.76 bits per heavy atom. The van der Waals surface area contributed by atoms with Gasteiger partial charge < -0.3 is 0 Å². The fourth-order valence-electron chi connectivity index (χ4n) is 2.36. The molecule has 7 heteroatoms. The maximum absolute atomic E-state index is 12.4. The molecule has 2 heterocycles. The molecule has 1 atom stereocenters. The number of aromatic nitrogens is 2. The zero-order chi connectivity index (χ0) is 15.0. The summed E-state index contributed by atoms with van der Waals surface area (Å²) in [7, 11) is -3.41. The number of fused-ring (bicyclic) bond motifs is 1. The minimum atomic E-state index is -3.41. The zero-order valence-corrected chi connectivity index (χ0v) is 13.0. The minimum absolute atomic E-state index is 0.0817. The van der Waals surface area contributed by atoms with Gasteiger partial charge in [-0.1, -0.05) is 30.0 Å². The minimum Gasteiger partial charge on any atom is -0.283 e. The van der Waals surface area contributed by atoms with Crippen LogP contribution in [0.4, 0.5) is 0 Å². The van der Waals surface area contributed by atoms with Gasteiger partial charge in [0, 0.05) is 17.5 Å². The molecule has 0 spiro atoms. The fraction of sp³-hybridized carbons (Fsp3) is 0.286. The standard InChI is InChI=1S/C14H14N2O3S2/c1-10-7-13(17)16-11(8-20-14(16)15-10)9-21(18,19)12-5-3-2-4-6-12/h2-7,11H,8-9H2,1H3/t11-/m0/s1. The summed E-state index contributed by atoms with van der Waals surface area (Å²) < 4.78 is 26.4. The molecule has 0 radical (unpaired) electrons. The van der Waals surface area contributed by atoms with Crippen LogP contribution in [0.2, 0.25) is 0 Å². The van der Waals surface area contributed by atoms with E-state index in [9.17, 15) is 13.2 Å². The van der Waals surface area contributed by atoms with Gasteiger partial charge in [-0.2, -0.15) is 0 Å². The predicted molar refractivity (Wildman–Crippen MR) is 81.5 cm³/mol. The summed E-state index contributed by atoms with van der Waals surface area (Å²) >= 11 is 1.43. The molecule has 0 fully saturated rings. The van der Waals surface area contributed by atoms with Crippen molar-refractivity contribution in [1.82, 2.24) is 9.55 Å². The molecule has 21 heavy (non-hydrogen) atoms. The van der Waals surface area contributed by atoms with E-state index in [2.05, 4.69) is 4.98 Å². The molecule has 0 saturated heterocycles. The second-order valence-electron chi connectivity index (χ2n) is 4.95. The van der Waals surface area contributed by atoms with Crippen molar-refractivity contribution < 1.29 is 8.42 Å². The van der Waals surface area contributed by atoms with E-state index in [1.165, 1.54) is 22.4 Å². The Labute approximate surface area is 127 Å². The molecular weight excluding hydrogens is 308 g/mol. The molecule has 0 amide bonds. The smallest absolute Gasteiger partial charge is 0.254 e. The first-order valence-electron chi connectivity index (χ1n) is 6.48. The van der Waals surface area contributed by atoms with Gasteiger partial charge >= 0.3 is 0 Å². The molecule has 2 aromatic rings. The largest absolute Gasteiger partial charge is 0.283 e. The van der Waals surface area contributed by atoms with Crippen molar-refractivity contribution in [3.05, 3.63) is 52.4 Å². The van der Waals surface area contributed by atoms with Crippen molar-refractivity contribution in [3.63, 3.8) is 0 Å². The molecule has 5 nitrogen and oxygen atoms in total. The lowest BCUT2D eigenvalue weighted by Gasteiger charge is -2.13. The SMILES string of the molecule is Cc1cc(=O)n2c(n1)SC[C@H]2CS(=O)(=O)c1ccccc1. The molecule has 1 aliphatic rings. The maximum Gasteiger partial charge on any atom is 0.254 e. The van der Waals surface area contributed by atoms with Crippen LogP contribution in [0.5, 0.6) is 0 Å². The van der Waals surface area contributed by atoms with E-state index >= 15 is 0 Å². The van der Waals surface area contributed by atoms with Crippen LogP contribution in [-0.4, -0.2) is 29.5 Å². The van der Waals surface area contributed by atoms with Crippen LogP contribution in [0, 0.1) is 6.92 Å². The van der Waals surface area contributed by atoms with E-state index < -0.39 is 9.84 Å². The number of benzene rings is 1. The van der Waals surface area contributed by atoms with Gasteiger partial charge in [-0.05, 0) is 19.1 Å². The lowest BCUT2D eigenvalue weighted by Crippen LogP contribution is -2.29. The number of rotatable bonds is 3. The van der Waals surface area contributed by atoms with Crippen molar-refractivity contribution >= 4 is 21.6 Å². The molecule has 0 aliphatic carbocycles. The van der Waals surface area contributed by atoms with Crippen LogP contribution < -0.4 is 5.56 Å². The summed E-state index contributed by atoms with van der Waals surface area (Å²) in [5, 5.41) is 0.605. The third-order valence-corrected chi connectivity index (χ3v) is 6.24. The number of sulfone groups is 1. The lowest BCUT2D eigenvalue weighted by atomic mass is 10.3. The molecule has 0 unspecified atom stereocenters. The Bertz CT molecular complexity index is 829. The van der Waals surface area contributed by atoms with E-state index in [0.717, 1.165) is 0 Å². The first-order valence-corrected chi connectivity index (χ1v) is 9.12. The Morgan fingerprint density at radius 1 is 1.33 bits per heavy atom. The summed E-state index contributed by atoms with van der Waals surface area (Å²) in [6.45, 7) is 1.76. The first-order chi connectivity index (χ1) is 9.97. The Morgan fingerprint density at radius 2 is 2.05 bits per heavy atom. The van der Waals surface area contributed by atoms with Crippen LogP contribution in [0.25, 0.3) is 0 Å². The highest BCUT2D eigenvalue weighted by Gasteiger charge is 2.30. The van der Waals surface area contributed by atoms with Gasteiger partial charge in [-0.15, -0.1) is 0 Å². The van der Waals surface area contributed by atoms with E-state index in [0.29, 0.717) is 16.6 Å². The average molecular weight is 322 g/mol. The van der Waals surface area contributed by atoms with Crippen LogP contribution in [0.1, 0.15) is 11.7 Å². The van der Waals surface area contributed by atoms with Crippen molar-refractivity contribution in [1.29, 1.82) is 0 Å². The number of hydrogen-bond acceptors (Lipinski definition) is 5. The summed E-state index contributed by atoms with van der Waals surface area (Å²) in [6.07, 6.45) is 0. The van der Waals surface area contributed by atoms with Crippen molar-refractivity contribution in [2.24, 2.45) is 0 Å². The summed E-state index contributed by atoms with van der Waals surface area (Å²) in [5.74, 6) is 0.472. The highest BCUT2D eigenvalue weighted by atomic mass is 32.2. The quantitative estimate of drug-likeness (QED) is 0.804. The lowest BCUT2D eigenvalue weighted by molar-refractivity contribution is 0.525. The number of aryl methyl sites for hydroxylation is 1. The predicted octanol–water partition coefficient (Wildman–Crippen LogP) is 1.67. The van der Waals surface area contributed by atoms with Gasteiger partial charge in [0.25, 0.3) is 5.56 Å². The van der Waals surface area contributed by atoms with Crippen LogP contribution >= 0.6 is 11.8 Å². The molecular formula is C14H14N2O3S2. The highest BCUT2D eigenvalue weighted by Crippen LogP contribution is 2.31. The first kappa shape index (κ1) is 14.3. The third kappa shape index (κ3) is 2.75. The van der Waals surface area contributed by atoms with Gasteiger partial charge in [-0.25, -0.2) is 13.4 Å². The maximum atomic E-state index is 12.4. The number of thioether (sulfide) groups is 1. The second-order valence-corrected chi connectivity index (χ2v) is 7.97. The van der Waals surface area contributed by atoms with Crippen LogP contribution in [0.3, 0.4) is 0 Å². The van der Waals surface area contributed by atoms with Crippen LogP contribution in [0.15, 0.2) is 51.2 Å². The van der Waals surface area contributed by atoms with Gasteiger partial charge in [0.1, 0.15) is 0 Å².